The molecule has 154 valence electrons. The normalized spacial score (nSPS) is 22.8. The molecule has 2 heterocycles. The Balaban J connectivity index is 1.64. The Bertz CT molecular complexity index is 994. The van der Waals surface area contributed by atoms with Gasteiger partial charge in [0.05, 0.1) is 30.2 Å². The van der Waals surface area contributed by atoms with Crippen LogP contribution in [0.15, 0.2) is 53.0 Å². The Morgan fingerprint density at radius 1 is 1.00 bits per heavy atom. The highest BCUT2D eigenvalue weighted by Crippen LogP contribution is 2.38. The number of benzene rings is 2. The molecule has 2 aromatic rings. The number of halogens is 1. The van der Waals surface area contributed by atoms with Gasteiger partial charge in [0, 0.05) is 15.8 Å². The summed E-state index contributed by atoms with van der Waals surface area (Å²) in [7, 11) is -3.12. The lowest BCUT2D eigenvalue weighted by molar-refractivity contribution is 0.309. The number of sulfone groups is 1. The highest BCUT2D eigenvalue weighted by molar-refractivity contribution is 9.10. The van der Waals surface area contributed by atoms with E-state index in [2.05, 4.69) is 22.9 Å². The monoisotopic (exact) mass is 494 g/mol. The summed E-state index contributed by atoms with van der Waals surface area (Å²) < 4.78 is 31.6. The van der Waals surface area contributed by atoms with Gasteiger partial charge in [0.15, 0.2) is 14.9 Å². The number of fused-ring (bicyclic) bond motifs is 1. The Labute approximate surface area is 185 Å². The average molecular weight is 495 g/mol. The lowest BCUT2D eigenvalue weighted by atomic mass is 10.1. The second-order valence-electron chi connectivity index (χ2n) is 7.41. The third-order valence-electron chi connectivity index (χ3n) is 5.36. The van der Waals surface area contributed by atoms with Gasteiger partial charge in [-0.05, 0) is 67.2 Å². The van der Waals surface area contributed by atoms with Crippen LogP contribution in [0.3, 0.4) is 0 Å². The summed E-state index contributed by atoms with van der Waals surface area (Å²) in [6, 6.07) is 15.2. The summed E-state index contributed by atoms with van der Waals surface area (Å²) >= 11 is 9.27. The number of nitrogens with zero attached hydrogens (tertiary/aromatic N) is 2. The number of anilines is 2. The Morgan fingerprint density at radius 2 is 1.52 bits per heavy atom. The maximum Gasteiger partial charge on any atom is 0.181 e. The van der Waals surface area contributed by atoms with Gasteiger partial charge in [-0.25, -0.2) is 8.42 Å². The molecule has 0 amide bonds. The summed E-state index contributed by atoms with van der Waals surface area (Å²) in [5.74, 6) is 1.04. The minimum absolute atomic E-state index is 0.111. The van der Waals surface area contributed by atoms with E-state index in [0.717, 1.165) is 34.4 Å². The zero-order chi connectivity index (χ0) is 20.6. The fourth-order valence-corrected chi connectivity index (χ4v) is 6.61. The van der Waals surface area contributed by atoms with E-state index < -0.39 is 9.84 Å². The first kappa shape index (κ1) is 20.6. The van der Waals surface area contributed by atoms with Crippen LogP contribution in [0.2, 0.25) is 0 Å². The van der Waals surface area contributed by atoms with Crippen molar-refractivity contribution in [3.05, 3.63) is 53.0 Å². The zero-order valence-corrected chi connectivity index (χ0v) is 19.3. The van der Waals surface area contributed by atoms with Crippen molar-refractivity contribution in [3.8, 4) is 5.75 Å². The lowest BCUT2D eigenvalue weighted by Gasteiger charge is -2.26. The van der Waals surface area contributed by atoms with E-state index in [4.69, 9.17) is 17.0 Å². The smallest absolute Gasteiger partial charge is 0.181 e. The molecular weight excluding hydrogens is 472 g/mol. The van der Waals surface area contributed by atoms with Gasteiger partial charge < -0.3 is 14.5 Å². The molecule has 0 radical (unpaired) electrons. The molecular formula is C21H23BrN2O3S2. The van der Waals surface area contributed by atoms with Gasteiger partial charge in [-0.3, -0.25) is 0 Å². The molecule has 2 fully saturated rings. The van der Waals surface area contributed by atoms with Crippen LogP contribution in [0.1, 0.15) is 19.8 Å². The number of ether oxygens (including phenoxy) is 1. The molecule has 2 aliphatic rings. The zero-order valence-electron chi connectivity index (χ0n) is 16.1. The molecule has 2 aliphatic heterocycles. The maximum absolute atomic E-state index is 12.4. The quantitative estimate of drug-likeness (QED) is 0.437. The van der Waals surface area contributed by atoms with Crippen molar-refractivity contribution in [3.63, 3.8) is 0 Å². The maximum atomic E-state index is 12.4. The Kier molecular flexibility index (Phi) is 5.86. The summed E-state index contributed by atoms with van der Waals surface area (Å²) in [5.41, 5.74) is 1.80. The summed E-state index contributed by atoms with van der Waals surface area (Å²) in [6.45, 7) is 2.82. The van der Waals surface area contributed by atoms with Crippen LogP contribution in [0.25, 0.3) is 0 Å². The molecule has 4 rings (SSSR count). The van der Waals surface area contributed by atoms with Crippen LogP contribution in [0, 0.1) is 0 Å². The van der Waals surface area contributed by atoms with Gasteiger partial charge in [0.1, 0.15) is 5.75 Å². The van der Waals surface area contributed by atoms with E-state index in [-0.39, 0.29) is 23.6 Å². The topological polar surface area (TPSA) is 49.9 Å². The van der Waals surface area contributed by atoms with Crippen molar-refractivity contribution in [2.24, 2.45) is 0 Å². The highest BCUT2D eigenvalue weighted by Gasteiger charge is 2.52. The van der Waals surface area contributed by atoms with Crippen molar-refractivity contribution >= 4 is 54.5 Å². The molecule has 2 saturated heterocycles. The van der Waals surface area contributed by atoms with Gasteiger partial charge in [0.2, 0.25) is 0 Å². The number of hydrogen-bond acceptors (Lipinski definition) is 4. The minimum Gasteiger partial charge on any atom is -0.494 e. The van der Waals surface area contributed by atoms with Gasteiger partial charge in [-0.2, -0.15) is 0 Å². The van der Waals surface area contributed by atoms with Crippen LogP contribution < -0.4 is 14.5 Å². The van der Waals surface area contributed by atoms with E-state index >= 15 is 0 Å². The fraction of sp³-hybridized carbons (Fsp3) is 0.381. The molecule has 0 N–H and O–H groups in total. The first-order valence-corrected chi connectivity index (χ1v) is 12.7. The molecule has 8 heteroatoms. The van der Waals surface area contributed by atoms with Crippen LogP contribution in [0.4, 0.5) is 11.4 Å². The largest absolute Gasteiger partial charge is 0.494 e. The molecule has 0 aromatic heterocycles. The van der Waals surface area contributed by atoms with Crippen molar-refractivity contribution in [2.75, 3.05) is 27.9 Å². The van der Waals surface area contributed by atoms with E-state index in [1.807, 2.05) is 58.3 Å². The number of hydrogen-bond donors (Lipinski definition) is 0. The van der Waals surface area contributed by atoms with Crippen LogP contribution >= 0.6 is 28.1 Å². The molecule has 2 unspecified atom stereocenters. The summed E-state index contributed by atoms with van der Waals surface area (Å²) in [4.78, 5) is 3.98. The fourth-order valence-electron chi connectivity index (χ4n) is 3.95. The van der Waals surface area contributed by atoms with Crippen molar-refractivity contribution < 1.29 is 13.2 Å². The SMILES string of the molecule is CCCCOc1ccc(N2C(=S)N(c3ccc(Br)cc3)C3CS(=O)(=O)CC32)cc1. The molecule has 29 heavy (non-hydrogen) atoms. The van der Waals surface area contributed by atoms with Crippen LogP contribution in [-0.2, 0) is 9.84 Å². The van der Waals surface area contributed by atoms with Gasteiger partial charge in [-0.15, -0.1) is 0 Å². The highest BCUT2D eigenvalue weighted by atomic mass is 79.9. The molecule has 0 aliphatic carbocycles. The number of unbranched alkanes of at least 4 members (excludes halogenated alkanes) is 1. The Hall–Kier alpha value is -1.64. The van der Waals surface area contributed by atoms with Crippen LogP contribution in [0.5, 0.6) is 5.75 Å². The first-order valence-electron chi connectivity index (χ1n) is 9.71. The Morgan fingerprint density at radius 3 is 2.03 bits per heavy atom. The second-order valence-corrected chi connectivity index (χ2v) is 10.8. The van der Waals surface area contributed by atoms with Crippen molar-refractivity contribution in [1.29, 1.82) is 0 Å². The summed E-state index contributed by atoms with van der Waals surface area (Å²) in [6.07, 6.45) is 2.10. The summed E-state index contributed by atoms with van der Waals surface area (Å²) in [5, 5.41) is 0.636. The third-order valence-corrected chi connectivity index (χ3v) is 7.98. The van der Waals surface area contributed by atoms with Gasteiger partial charge in [0.25, 0.3) is 0 Å². The number of rotatable bonds is 6. The second kappa shape index (κ2) is 8.24. The molecule has 0 saturated carbocycles. The third kappa shape index (κ3) is 4.15. The van der Waals surface area contributed by atoms with E-state index in [1.54, 1.807) is 0 Å². The van der Waals surface area contributed by atoms with E-state index in [0.29, 0.717) is 11.7 Å². The minimum atomic E-state index is -3.12. The molecule has 2 atom stereocenters. The molecule has 0 spiro atoms. The molecule has 2 aromatic carbocycles. The molecule has 5 nitrogen and oxygen atoms in total. The van der Waals surface area contributed by atoms with Gasteiger partial charge >= 0.3 is 0 Å². The lowest BCUT2D eigenvalue weighted by Crippen LogP contribution is -2.37. The molecule has 0 bridgehead atoms. The van der Waals surface area contributed by atoms with Gasteiger partial charge in [-0.1, -0.05) is 29.3 Å². The van der Waals surface area contributed by atoms with Crippen molar-refractivity contribution in [2.45, 2.75) is 31.8 Å². The van der Waals surface area contributed by atoms with Crippen LogP contribution in [-0.4, -0.2) is 43.7 Å². The average Bonchev–Trinajstić information content (AvgIpc) is 3.12. The standard InChI is InChI=1S/C21H23BrN2O3S2/c1-2-3-12-27-18-10-8-17(9-11-18)24-20-14-29(25,26)13-19(20)23(21(24)28)16-6-4-15(22)5-7-16/h4-11,19-20H,2-3,12-14H2,1H3. The first-order chi connectivity index (χ1) is 13.9. The van der Waals surface area contributed by atoms with E-state index in [9.17, 15) is 8.42 Å². The number of thiocarbonyl (C=S) groups is 1. The van der Waals surface area contributed by atoms with Crippen molar-refractivity contribution in [1.82, 2.24) is 0 Å². The predicted molar refractivity (Wildman–Crippen MR) is 125 cm³/mol. The predicted octanol–water partition coefficient (Wildman–Crippen LogP) is 4.41. The van der Waals surface area contributed by atoms with E-state index in [1.165, 1.54) is 0 Å².